The van der Waals surface area contributed by atoms with Crippen molar-refractivity contribution in [1.82, 2.24) is 44.9 Å². The minimum atomic E-state index is -1.49. The third-order valence-corrected chi connectivity index (χ3v) is 15.0. The number of rotatable bonds is 17. The Morgan fingerprint density at radius 1 is 0.795 bits per heavy atom. The average Bonchev–Trinajstić information content (AvgIpc) is 4.47. The molecule has 6 aromatic rings. The van der Waals surface area contributed by atoms with Crippen molar-refractivity contribution in [2.24, 2.45) is 11.8 Å². The van der Waals surface area contributed by atoms with Crippen molar-refractivity contribution in [3.8, 4) is 17.0 Å². The maximum Gasteiger partial charge on any atom is 0.407 e. The van der Waals surface area contributed by atoms with E-state index in [1.807, 2.05) is 103 Å². The molecule has 7 atom stereocenters. The number of halogens is 2. The molecule has 10 rings (SSSR count). The van der Waals surface area contributed by atoms with E-state index in [0.29, 0.717) is 84.2 Å². The van der Waals surface area contributed by atoms with Gasteiger partial charge < -0.3 is 58.7 Å². The van der Waals surface area contributed by atoms with E-state index in [2.05, 4.69) is 25.6 Å². The lowest BCUT2D eigenvalue weighted by atomic mass is 9.90. The zero-order valence-corrected chi connectivity index (χ0v) is 44.5. The number of aromatic amines is 2. The molecule has 7 unspecified atom stereocenters. The van der Waals surface area contributed by atoms with Crippen molar-refractivity contribution in [3.05, 3.63) is 137 Å². The third kappa shape index (κ3) is 10.9. The molecule has 1 aliphatic carbocycles. The number of ether oxygens (including phenoxy) is 5. The van der Waals surface area contributed by atoms with Gasteiger partial charge in [-0.15, -0.1) is 0 Å². The fraction of sp³-hybridized carbons (Fsp3) is 0.414. The molecule has 0 spiro atoms. The van der Waals surface area contributed by atoms with Crippen LogP contribution in [0.1, 0.15) is 106 Å². The van der Waals surface area contributed by atoms with E-state index in [1.54, 1.807) is 31.1 Å². The van der Waals surface area contributed by atoms with Gasteiger partial charge in [0.05, 0.1) is 86.6 Å². The zero-order chi connectivity index (χ0) is 54.8. The third-order valence-electron chi connectivity index (χ3n) is 15.0. The molecule has 20 heteroatoms. The average molecular weight is 1070 g/mol. The van der Waals surface area contributed by atoms with Gasteiger partial charge in [0.15, 0.2) is 0 Å². The lowest BCUT2D eigenvalue weighted by Gasteiger charge is -2.34. The Morgan fingerprint density at radius 3 is 2.21 bits per heavy atom. The molecule has 2 fully saturated rings. The largest absolute Gasteiger partial charge is 0.491 e. The molecule has 3 aromatic heterocycles. The van der Waals surface area contributed by atoms with Crippen LogP contribution in [0.25, 0.3) is 33.3 Å². The van der Waals surface area contributed by atoms with Gasteiger partial charge >= 0.3 is 12.2 Å². The van der Waals surface area contributed by atoms with Crippen LogP contribution in [-0.2, 0) is 35.1 Å². The van der Waals surface area contributed by atoms with E-state index in [0.717, 1.165) is 34.0 Å². The number of imidazole rings is 2. The lowest BCUT2D eigenvalue weighted by Crippen LogP contribution is -2.51. The van der Waals surface area contributed by atoms with Crippen LogP contribution in [0.3, 0.4) is 0 Å². The smallest absolute Gasteiger partial charge is 0.407 e. The maximum atomic E-state index is 17.3. The van der Waals surface area contributed by atoms with Crippen LogP contribution in [0.15, 0.2) is 103 Å². The van der Waals surface area contributed by atoms with E-state index in [-0.39, 0.29) is 43.2 Å². The predicted octanol–water partition coefficient (Wildman–Crippen LogP) is 9.50. The quantitative estimate of drug-likeness (QED) is 0.0633. The fourth-order valence-corrected chi connectivity index (χ4v) is 11.0. The molecule has 4 N–H and O–H groups in total. The normalized spacial score (nSPS) is 20.7. The van der Waals surface area contributed by atoms with Gasteiger partial charge in [-0.3, -0.25) is 9.59 Å². The summed E-state index contributed by atoms with van der Waals surface area (Å²) in [5.41, 5.74) is 6.21. The van der Waals surface area contributed by atoms with Crippen LogP contribution < -0.4 is 15.4 Å². The number of carbonyl (C=O) groups is 4. The molecule has 3 aliphatic heterocycles. The standard InChI is InChI=1S/C58H65F2N9O9/c1-32(2)50(65-57(72)74-5)54(70)67-19-11-16-45(67)52-61-29-43(64-52)37-24-41(60)49-46-25-38-22-35(42-28-62-53(63-42)47-27-39(59)30-68(47)55(71)51(33(3)4)66-58(73)75-6)17-18-44(38)69(46)56(78-48(49)26-37)36-14-10-15-40(23-36)77-21-20-76-31-34-12-8-7-9-13-34/h7-10,12-15,17-18,22-23,25-26,28-29,32-33,39,41,45,47,50-51,56H,11,16,19-21,24,27,30-31H2,1-6H3,(H,61,64)(H,62,63)(H,65,72)(H,66,73). The minimum Gasteiger partial charge on any atom is -0.491 e. The molecule has 6 heterocycles. The SMILES string of the molecule is COC(=O)NC(C(=O)N1CCCC1c1ncc(C2=CC3=C(c4cc5cc(-c6cnc(C7CC(F)CN7C(=O)C(NC(=O)OC)C(C)C)[nH]6)ccc5n4C(c4cccc(OCCOCc5ccccc5)c4)O3)C(F)C2)[nH]1)C(C)C. The highest BCUT2D eigenvalue weighted by Crippen LogP contribution is 2.48. The first-order valence-corrected chi connectivity index (χ1v) is 26.5. The Morgan fingerprint density at radius 2 is 1.49 bits per heavy atom. The lowest BCUT2D eigenvalue weighted by molar-refractivity contribution is -0.136. The Bertz CT molecular complexity index is 3240. The van der Waals surface area contributed by atoms with E-state index < -0.39 is 54.8 Å². The van der Waals surface area contributed by atoms with Gasteiger partial charge in [-0.1, -0.05) is 76.2 Å². The van der Waals surface area contributed by atoms with E-state index in [1.165, 1.54) is 19.1 Å². The molecule has 18 nitrogen and oxygen atoms in total. The Kier molecular flexibility index (Phi) is 15.7. The summed E-state index contributed by atoms with van der Waals surface area (Å²) in [6, 6.07) is 22.5. The number of benzene rings is 3. The van der Waals surface area contributed by atoms with E-state index in [9.17, 15) is 19.2 Å². The molecule has 3 aromatic carbocycles. The number of hydrogen-bond acceptors (Lipinski definition) is 11. The summed E-state index contributed by atoms with van der Waals surface area (Å²) in [4.78, 5) is 71.5. The van der Waals surface area contributed by atoms with Crippen molar-refractivity contribution >= 4 is 46.0 Å². The van der Waals surface area contributed by atoms with Gasteiger partial charge in [0, 0.05) is 35.9 Å². The molecule has 2 saturated heterocycles. The predicted molar refractivity (Wildman–Crippen MR) is 286 cm³/mol. The second kappa shape index (κ2) is 22.9. The first-order chi connectivity index (χ1) is 37.7. The van der Waals surface area contributed by atoms with E-state index in [4.69, 9.17) is 28.7 Å². The fourth-order valence-electron chi connectivity index (χ4n) is 11.0. The number of likely N-dealkylation sites (tertiary alicyclic amines) is 2. The Balaban J connectivity index is 0.960. The summed E-state index contributed by atoms with van der Waals surface area (Å²) >= 11 is 0. The highest BCUT2D eigenvalue weighted by atomic mass is 19.1. The molecule has 4 amide bonds. The maximum absolute atomic E-state index is 17.3. The second-order valence-corrected chi connectivity index (χ2v) is 20.8. The van der Waals surface area contributed by atoms with Gasteiger partial charge in [0.25, 0.3) is 0 Å². The first kappa shape index (κ1) is 53.4. The summed E-state index contributed by atoms with van der Waals surface area (Å²) in [6.45, 7) is 8.77. The van der Waals surface area contributed by atoms with Crippen molar-refractivity contribution in [2.45, 2.75) is 103 Å². The number of hydrogen-bond donors (Lipinski definition) is 4. The number of alkyl carbamates (subject to hydrolysis) is 2. The topological polar surface area (TPSA) is 207 Å². The summed E-state index contributed by atoms with van der Waals surface area (Å²) in [5.74, 6) is 0.756. The Hall–Kier alpha value is -8.00. The molecule has 0 saturated carbocycles. The summed E-state index contributed by atoms with van der Waals surface area (Å²) in [7, 11) is 2.48. The molecular formula is C58H65F2N9O9. The summed E-state index contributed by atoms with van der Waals surface area (Å²) in [5, 5.41) is 6.08. The van der Waals surface area contributed by atoms with Crippen molar-refractivity contribution < 1.29 is 51.6 Å². The number of allylic oxidation sites excluding steroid dienone is 3. The zero-order valence-electron chi connectivity index (χ0n) is 44.5. The number of aromatic nitrogens is 5. The number of nitrogens with one attached hydrogen (secondary N) is 4. The van der Waals surface area contributed by atoms with Crippen LogP contribution in [0.5, 0.6) is 5.75 Å². The van der Waals surface area contributed by atoms with Crippen molar-refractivity contribution in [3.63, 3.8) is 0 Å². The number of methoxy groups -OCH3 is 2. The number of amides is 4. The number of alkyl halides is 2. The number of carbonyl (C=O) groups excluding carboxylic acids is 4. The van der Waals surface area contributed by atoms with Gasteiger partial charge in [-0.2, -0.15) is 0 Å². The molecular weight excluding hydrogens is 1000 g/mol. The molecule has 4 aliphatic rings. The van der Waals surface area contributed by atoms with Crippen LogP contribution in [-0.4, -0.2) is 123 Å². The van der Waals surface area contributed by atoms with Gasteiger partial charge in [0.2, 0.25) is 18.0 Å². The molecule has 0 radical (unpaired) electrons. The Labute approximate surface area is 450 Å². The molecule has 78 heavy (non-hydrogen) atoms. The van der Waals surface area contributed by atoms with Gasteiger partial charge in [-0.05, 0) is 72.2 Å². The van der Waals surface area contributed by atoms with Crippen LogP contribution in [0.2, 0.25) is 0 Å². The van der Waals surface area contributed by atoms with Gasteiger partial charge in [0.1, 0.15) is 54.2 Å². The minimum absolute atomic E-state index is 0.0106. The van der Waals surface area contributed by atoms with Crippen LogP contribution >= 0.6 is 0 Å². The number of H-pyrrole nitrogens is 2. The number of fused-ring (bicyclic) bond motifs is 4. The van der Waals surface area contributed by atoms with Gasteiger partial charge in [-0.25, -0.2) is 28.3 Å². The summed E-state index contributed by atoms with van der Waals surface area (Å²) in [6.07, 6.45) is 1.60. The molecule has 410 valence electrons. The summed E-state index contributed by atoms with van der Waals surface area (Å²) < 4.78 is 63.1. The number of nitrogens with zero attached hydrogens (tertiary/aromatic N) is 5. The van der Waals surface area contributed by atoms with Crippen LogP contribution in [0.4, 0.5) is 18.4 Å². The first-order valence-electron chi connectivity index (χ1n) is 26.5. The van der Waals surface area contributed by atoms with Crippen molar-refractivity contribution in [1.29, 1.82) is 0 Å². The monoisotopic (exact) mass is 1070 g/mol. The van der Waals surface area contributed by atoms with Crippen molar-refractivity contribution in [2.75, 3.05) is 40.5 Å². The second-order valence-electron chi connectivity index (χ2n) is 20.8. The highest BCUT2D eigenvalue weighted by Gasteiger charge is 2.43. The van der Waals surface area contributed by atoms with Crippen LogP contribution in [0, 0.1) is 11.8 Å². The molecule has 0 bridgehead atoms. The van der Waals surface area contributed by atoms with E-state index >= 15 is 8.78 Å². The highest BCUT2D eigenvalue weighted by molar-refractivity contribution is 5.93.